The Morgan fingerprint density at radius 2 is 1.81 bits per heavy atom. The molecule has 0 aromatic heterocycles. The van der Waals surface area contributed by atoms with Crippen LogP contribution in [0.1, 0.15) is 25.3 Å². The molecule has 1 fully saturated rings. The van der Waals surface area contributed by atoms with Gasteiger partial charge >= 0.3 is 0 Å². The van der Waals surface area contributed by atoms with Crippen molar-refractivity contribution in [2.45, 2.75) is 26.3 Å². The van der Waals surface area contributed by atoms with Gasteiger partial charge in [-0.2, -0.15) is 0 Å². The fourth-order valence-corrected chi connectivity index (χ4v) is 3.41. The summed E-state index contributed by atoms with van der Waals surface area (Å²) in [5.74, 6) is 0.862. The van der Waals surface area contributed by atoms with Gasteiger partial charge in [0, 0.05) is 13.1 Å². The standard InChI is InChI=1S/C19H26N2/c1-2-21(14-16-10-12-20-13-11-16)15-18-8-5-7-17-6-3-4-9-19(17)18/h3-9,16,20H,2,10-15H2,1H3. The van der Waals surface area contributed by atoms with Crippen LogP contribution in [-0.2, 0) is 6.54 Å². The van der Waals surface area contributed by atoms with Gasteiger partial charge in [-0.05, 0) is 54.7 Å². The zero-order chi connectivity index (χ0) is 14.5. The largest absolute Gasteiger partial charge is 0.317 e. The van der Waals surface area contributed by atoms with Crippen molar-refractivity contribution >= 4 is 10.8 Å². The van der Waals surface area contributed by atoms with Crippen LogP contribution in [0.5, 0.6) is 0 Å². The predicted octanol–water partition coefficient (Wildman–Crippen LogP) is 3.66. The van der Waals surface area contributed by atoms with Crippen molar-refractivity contribution in [2.75, 3.05) is 26.2 Å². The van der Waals surface area contributed by atoms with Gasteiger partial charge in [0.25, 0.3) is 0 Å². The van der Waals surface area contributed by atoms with E-state index < -0.39 is 0 Å². The molecule has 1 saturated heterocycles. The molecule has 2 heteroatoms. The normalized spacial score (nSPS) is 16.7. The fourth-order valence-electron chi connectivity index (χ4n) is 3.41. The third kappa shape index (κ3) is 3.63. The number of nitrogens with zero attached hydrogens (tertiary/aromatic N) is 1. The van der Waals surface area contributed by atoms with E-state index in [-0.39, 0.29) is 0 Å². The summed E-state index contributed by atoms with van der Waals surface area (Å²) in [6, 6.07) is 15.4. The first-order chi connectivity index (χ1) is 10.4. The second-order valence-electron chi connectivity index (χ2n) is 6.16. The monoisotopic (exact) mass is 282 g/mol. The molecule has 1 aliphatic rings. The van der Waals surface area contributed by atoms with Crippen LogP contribution in [0, 0.1) is 5.92 Å². The molecule has 1 N–H and O–H groups in total. The van der Waals surface area contributed by atoms with E-state index >= 15 is 0 Å². The van der Waals surface area contributed by atoms with Crippen molar-refractivity contribution in [3.63, 3.8) is 0 Å². The summed E-state index contributed by atoms with van der Waals surface area (Å²) in [5.41, 5.74) is 1.46. The zero-order valence-corrected chi connectivity index (χ0v) is 13.0. The summed E-state index contributed by atoms with van der Waals surface area (Å²) in [6.45, 7) is 8.11. The third-order valence-electron chi connectivity index (χ3n) is 4.70. The van der Waals surface area contributed by atoms with Crippen LogP contribution < -0.4 is 5.32 Å². The molecular weight excluding hydrogens is 256 g/mol. The average Bonchev–Trinajstić information content (AvgIpc) is 2.55. The van der Waals surface area contributed by atoms with Gasteiger partial charge in [0.1, 0.15) is 0 Å². The van der Waals surface area contributed by atoms with E-state index in [1.54, 1.807) is 0 Å². The summed E-state index contributed by atoms with van der Waals surface area (Å²) in [6.07, 6.45) is 2.65. The molecule has 0 bridgehead atoms. The van der Waals surface area contributed by atoms with E-state index in [4.69, 9.17) is 0 Å². The molecule has 21 heavy (non-hydrogen) atoms. The summed E-state index contributed by atoms with van der Waals surface area (Å²) >= 11 is 0. The van der Waals surface area contributed by atoms with Crippen molar-refractivity contribution in [3.05, 3.63) is 48.0 Å². The number of nitrogens with one attached hydrogen (secondary N) is 1. The lowest BCUT2D eigenvalue weighted by molar-refractivity contribution is 0.207. The van der Waals surface area contributed by atoms with Crippen LogP contribution >= 0.6 is 0 Å². The minimum Gasteiger partial charge on any atom is -0.317 e. The molecule has 2 aromatic rings. The first kappa shape index (κ1) is 14.6. The first-order valence-electron chi connectivity index (χ1n) is 8.26. The number of hydrogen-bond donors (Lipinski definition) is 1. The lowest BCUT2D eigenvalue weighted by Crippen LogP contribution is -2.35. The van der Waals surface area contributed by atoms with Gasteiger partial charge in [-0.15, -0.1) is 0 Å². The van der Waals surface area contributed by atoms with Gasteiger partial charge < -0.3 is 5.32 Å². The van der Waals surface area contributed by atoms with Gasteiger partial charge in [0.2, 0.25) is 0 Å². The highest BCUT2D eigenvalue weighted by molar-refractivity contribution is 5.85. The van der Waals surface area contributed by atoms with Crippen LogP contribution in [0.3, 0.4) is 0 Å². The number of hydrogen-bond acceptors (Lipinski definition) is 2. The summed E-state index contributed by atoms with van der Waals surface area (Å²) in [5, 5.41) is 6.22. The van der Waals surface area contributed by atoms with E-state index in [1.807, 2.05) is 0 Å². The maximum absolute atomic E-state index is 3.46. The van der Waals surface area contributed by atoms with Crippen LogP contribution in [0.25, 0.3) is 10.8 Å². The highest BCUT2D eigenvalue weighted by atomic mass is 15.1. The Bertz CT molecular complexity index is 567. The third-order valence-corrected chi connectivity index (χ3v) is 4.70. The topological polar surface area (TPSA) is 15.3 Å². The van der Waals surface area contributed by atoms with Crippen LogP contribution in [-0.4, -0.2) is 31.1 Å². The highest BCUT2D eigenvalue weighted by Gasteiger charge is 2.16. The zero-order valence-electron chi connectivity index (χ0n) is 13.0. The van der Waals surface area contributed by atoms with E-state index in [1.165, 1.54) is 48.8 Å². The number of fused-ring (bicyclic) bond motifs is 1. The number of rotatable bonds is 5. The van der Waals surface area contributed by atoms with Gasteiger partial charge in [-0.25, -0.2) is 0 Å². The van der Waals surface area contributed by atoms with Crippen molar-refractivity contribution in [2.24, 2.45) is 5.92 Å². The van der Waals surface area contributed by atoms with Gasteiger partial charge in [0.15, 0.2) is 0 Å². The Morgan fingerprint density at radius 3 is 2.62 bits per heavy atom. The highest BCUT2D eigenvalue weighted by Crippen LogP contribution is 2.21. The molecular formula is C19H26N2. The van der Waals surface area contributed by atoms with Crippen molar-refractivity contribution in [3.8, 4) is 0 Å². The number of benzene rings is 2. The summed E-state index contributed by atoms with van der Waals surface area (Å²) in [7, 11) is 0. The summed E-state index contributed by atoms with van der Waals surface area (Å²) < 4.78 is 0. The molecule has 0 unspecified atom stereocenters. The molecule has 1 heterocycles. The van der Waals surface area contributed by atoms with E-state index in [2.05, 4.69) is 59.6 Å². The second-order valence-corrected chi connectivity index (χ2v) is 6.16. The predicted molar refractivity (Wildman–Crippen MR) is 90.5 cm³/mol. The Labute approximate surface area is 128 Å². The molecule has 0 radical (unpaired) electrons. The molecule has 2 aromatic carbocycles. The van der Waals surface area contributed by atoms with Gasteiger partial charge in [0.05, 0.1) is 0 Å². The fraction of sp³-hybridized carbons (Fsp3) is 0.474. The lowest BCUT2D eigenvalue weighted by atomic mass is 9.97. The smallest absolute Gasteiger partial charge is 0.0239 e. The molecule has 0 amide bonds. The Hall–Kier alpha value is -1.38. The van der Waals surface area contributed by atoms with Crippen molar-refractivity contribution in [1.29, 1.82) is 0 Å². The van der Waals surface area contributed by atoms with Gasteiger partial charge in [-0.3, -0.25) is 4.90 Å². The molecule has 0 aliphatic carbocycles. The van der Waals surface area contributed by atoms with Crippen LogP contribution in [0.4, 0.5) is 0 Å². The van der Waals surface area contributed by atoms with E-state index in [0.29, 0.717) is 0 Å². The molecule has 112 valence electrons. The SMILES string of the molecule is CCN(Cc1cccc2ccccc12)CC1CCNCC1. The molecule has 2 nitrogen and oxygen atoms in total. The number of piperidine rings is 1. The maximum atomic E-state index is 3.46. The molecule has 0 atom stereocenters. The van der Waals surface area contributed by atoms with E-state index in [9.17, 15) is 0 Å². The molecule has 3 rings (SSSR count). The van der Waals surface area contributed by atoms with Crippen LogP contribution in [0.15, 0.2) is 42.5 Å². The van der Waals surface area contributed by atoms with Crippen molar-refractivity contribution in [1.82, 2.24) is 10.2 Å². The summed E-state index contributed by atoms with van der Waals surface area (Å²) in [4.78, 5) is 2.61. The van der Waals surface area contributed by atoms with Gasteiger partial charge in [-0.1, -0.05) is 49.4 Å². The Morgan fingerprint density at radius 1 is 1.05 bits per heavy atom. The van der Waals surface area contributed by atoms with Crippen LogP contribution in [0.2, 0.25) is 0 Å². The van der Waals surface area contributed by atoms with Crippen molar-refractivity contribution < 1.29 is 0 Å². The Kier molecular flexibility index (Phi) is 4.89. The molecule has 1 aliphatic heterocycles. The second kappa shape index (κ2) is 7.06. The average molecular weight is 282 g/mol. The first-order valence-corrected chi connectivity index (χ1v) is 8.26. The minimum atomic E-state index is 0.862. The Balaban J connectivity index is 1.72. The maximum Gasteiger partial charge on any atom is 0.0239 e. The molecule has 0 spiro atoms. The quantitative estimate of drug-likeness (QED) is 0.900. The lowest BCUT2D eigenvalue weighted by Gasteiger charge is -2.29. The van der Waals surface area contributed by atoms with E-state index in [0.717, 1.165) is 19.0 Å². The molecule has 0 saturated carbocycles. The minimum absolute atomic E-state index is 0.862.